The van der Waals surface area contributed by atoms with Gasteiger partial charge in [0, 0.05) is 24.6 Å². The molecule has 2 heterocycles. The van der Waals surface area contributed by atoms with Crippen molar-refractivity contribution in [2.45, 2.75) is 37.5 Å². The fourth-order valence-electron chi connectivity index (χ4n) is 1.59. The van der Waals surface area contributed by atoms with Gasteiger partial charge in [0.1, 0.15) is 10.0 Å². The molecule has 1 N–H and O–H groups in total. The molecule has 0 atom stereocenters. The van der Waals surface area contributed by atoms with Crippen LogP contribution < -0.4 is 4.72 Å². The molecule has 0 bridgehead atoms. The standard InChI is InChI=1S/C13H16Cl2N4O3S/c1-13(2,3)12-18-10(19-22-12)4-5-17-23(20,21)8-6-9(14)11(15)16-7-8/h6-7,17H,4-5H2,1-3H3. The van der Waals surface area contributed by atoms with Crippen molar-refractivity contribution in [3.63, 3.8) is 0 Å². The molecule has 2 aromatic heterocycles. The smallest absolute Gasteiger partial charge is 0.242 e. The zero-order valence-corrected chi connectivity index (χ0v) is 15.1. The monoisotopic (exact) mass is 378 g/mol. The van der Waals surface area contributed by atoms with Crippen molar-refractivity contribution >= 4 is 33.2 Å². The van der Waals surface area contributed by atoms with Gasteiger partial charge in [0.15, 0.2) is 5.82 Å². The van der Waals surface area contributed by atoms with Gasteiger partial charge in [0.05, 0.1) is 5.02 Å². The third kappa shape index (κ3) is 4.63. The Bertz CT molecular complexity index is 800. The molecule has 23 heavy (non-hydrogen) atoms. The number of hydrogen-bond acceptors (Lipinski definition) is 6. The fraction of sp³-hybridized carbons (Fsp3) is 0.462. The topological polar surface area (TPSA) is 98.0 Å². The molecule has 0 amide bonds. The molecule has 0 aromatic carbocycles. The van der Waals surface area contributed by atoms with Gasteiger partial charge in [-0.15, -0.1) is 0 Å². The van der Waals surface area contributed by atoms with Crippen LogP contribution in [-0.4, -0.2) is 30.1 Å². The Morgan fingerprint density at radius 2 is 2.00 bits per heavy atom. The van der Waals surface area contributed by atoms with Gasteiger partial charge in [-0.1, -0.05) is 49.1 Å². The average molecular weight is 379 g/mol. The number of rotatable bonds is 5. The Kier molecular flexibility index (Phi) is 5.30. The van der Waals surface area contributed by atoms with Gasteiger partial charge in [-0.25, -0.2) is 18.1 Å². The van der Waals surface area contributed by atoms with Crippen LogP contribution in [0.5, 0.6) is 0 Å². The molecular weight excluding hydrogens is 363 g/mol. The summed E-state index contributed by atoms with van der Waals surface area (Å²) in [5, 5.41) is 3.95. The molecule has 0 saturated heterocycles. The number of halogens is 2. The highest BCUT2D eigenvalue weighted by Gasteiger charge is 2.22. The predicted octanol–water partition coefficient (Wildman–Crippen LogP) is 2.59. The highest BCUT2D eigenvalue weighted by atomic mass is 35.5. The highest BCUT2D eigenvalue weighted by Crippen LogP contribution is 2.22. The van der Waals surface area contributed by atoms with Crippen molar-refractivity contribution in [2.75, 3.05) is 6.54 Å². The number of hydrogen-bond donors (Lipinski definition) is 1. The lowest BCUT2D eigenvalue weighted by Gasteiger charge is -2.10. The lowest BCUT2D eigenvalue weighted by molar-refractivity contribution is 0.318. The summed E-state index contributed by atoms with van der Waals surface area (Å²) < 4.78 is 31.8. The van der Waals surface area contributed by atoms with E-state index >= 15 is 0 Å². The molecule has 0 aliphatic heterocycles. The molecule has 0 aliphatic carbocycles. The van der Waals surface area contributed by atoms with E-state index in [4.69, 9.17) is 27.7 Å². The van der Waals surface area contributed by atoms with Crippen LogP contribution >= 0.6 is 23.2 Å². The number of sulfonamides is 1. The Labute approximate surface area is 144 Å². The van der Waals surface area contributed by atoms with Crippen molar-refractivity contribution in [3.8, 4) is 0 Å². The molecule has 0 unspecified atom stereocenters. The zero-order valence-electron chi connectivity index (χ0n) is 12.8. The molecule has 7 nitrogen and oxygen atoms in total. The molecule has 126 valence electrons. The molecule has 0 aliphatic rings. The number of pyridine rings is 1. The molecule has 10 heteroatoms. The second kappa shape index (κ2) is 6.72. The summed E-state index contributed by atoms with van der Waals surface area (Å²) in [6, 6.07) is 1.24. The first-order chi connectivity index (χ1) is 10.6. The summed E-state index contributed by atoms with van der Waals surface area (Å²) in [5.41, 5.74) is -0.253. The summed E-state index contributed by atoms with van der Waals surface area (Å²) in [7, 11) is -3.73. The SMILES string of the molecule is CC(C)(C)c1nc(CCNS(=O)(=O)c2cnc(Cl)c(Cl)c2)no1. The second-order valence-corrected chi connectivity index (χ2v) is 8.39. The Balaban J connectivity index is 2.00. The van der Waals surface area contributed by atoms with Crippen LogP contribution in [0.4, 0.5) is 0 Å². The van der Waals surface area contributed by atoms with Gasteiger partial charge in [-0.05, 0) is 6.07 Å². The van der Waals surface area contributed by atoms with E-state index in [1.807, 2.05) is 20.8 Å². The van der Waals surface area contributed by atoms with E-state index in [1.54, 1.807) is 0 Å². The van der Waals surface area contributed by atoms with Gasteiger partial charge in [-0.2, -0.15) is 4.98 Å². The number of nitrogens with one attached hydrogen (secondary N) is 1. The normalized spacial score (nSPS) is 12.6. The van der Waals surface area contributed by atoms with Gasteiger partial charge in [0.2, 0.25) is 15.9 Å². The Hall–Kier alpha value is -1.22. The quantitative estimate of drug-likeness (QED) is 0.802. The predicted molar refractivity (Wildman–Crippen MR) is 86.1 cm³/mol. The Morgan fingerprint density at radius 3 is 2.57 bits per heavy atom. The van der Waals surface area contributed by atoms with E-state index in [0.717, 1.165) is 6.20 Å². The van der Waals surface area contributed by atoms with Crippen molar-refractivity contribution in [1.82, 2.24) is 19.8 Å². The molecular formula is C13H16Cl2N4O3S. The first kappa shape index (κ1) is 18.1. The van der Waals surface area contributed by atoms with Gasteiger partial charge >= 0.3 is 0 Å². The van der Waals surface area contributed by atoms with Crippen LogP contribution in [-0.2, 0) is 21.9 Å². The summed E-state index contributed by atoms with van der Waals surface area (Å²) >= 11 is 11.4. The van der Waals surface area contributed by atoms with Crippen molar-refractivity contribution in [1.29, 1.82) is 0 Å². The minimum Gasteiger partial charge on any atom is -0.339 e. The molecule has 2 aromatic rings. The van der Waals surface area contributed by atoms with E-state index in [-0.39, 0.29) is 27.0 Å². The summed E-state index contributed by atoms with van der Waals surface area (Å²) in [5.74, 6) is 0.939. The highest BCUT2D eigenvalue weighted by molar-refractivity contribution is 7.89. The first-order valence-corrected chi connectivity index (χ1v) is 8.97. The maximum atomic E-state index is 12.1. The summed E-state index contributed by atoms with van der Waals surface area (Å²) in [4.78, 5) is 7.89. The average Bonchev–Trinajstić information content (AvgIpc) is 2.90. The number of aromatic nitrogens is 3. The van der Waals surface area contributed by atoms with Crippen LogP contribution in [0.1, 0.15) is 32.5 Å². The van der Waals surface area contributed by atoms with Crippen LogP contribution in [0, 0.1) is 0 Å². The van der Waals surface area contributed by atoms with E-state index in [9.17, 15) is 8.42 Å². The fourth-order valence-corrected chi connectivity index (χ4v) is 2.93. The third-order valence-electron chi connectivity index (χ3n) is 2.83. The largest absolute Gasteiger partial charge is 0.339 e. The minimum atomic E-state index is -3.73. The van der Waals surface area contributed by atoms with Crippen LogP contribution in [0.3, 0.4) is 0 Å². The lowest BCUT2D eigenvalue weighted by Crippen LogP contribution is -2.26. The van der Waals surface area contributed by atoms with E-state index in [0.29, 0.717) is 18.1 Å². The molecule has 0 saturated carbocycles. The summed E-state index contributed by atoms with van der Waals surface area (Å²) in [6.07, 6.45) is 1.44. The van der Waals surface area contributed by atoms with Gasteiger partial charge in [-0.3, -0.25) is 0 Å². The van der Waals surface area contributed by atoms with Crippen LogP contribution in [0.15, 0.2) is 21.7 Å². The zero-order chi connectivity index (χ0) is 17.3. The third-order valence-corrected chi connectivity index (χ3v) is 4.95. The number of nitrogens with zero attached hydrogens (tertiary/aromatic N) is 3. The molecule has 0 spiro atoms. The summed E-state index contributed by atoms with van der Waals surface area (Å²) in [6.45, 7) is 5.96. The van der Waals surface area contributed by atoms with Gasteiger partial charge in [0.25, 0.3) is 0 Å². The maximum Gasteiger partial charge on any atom is 0.242 e. The second-order valence-electron chi connectivity index (χ2n) is 5.86. The van der Waals surface area contributed by atoms with E-state index in [1.165, 1.54) is 6.07 Å². The first-order valence-electron chi connectivity index (χ1n) is 6.73. The molecule has 2 rings (SSSR count). The van der Waals surface area contributed by atoms with Crippen LogP contribution in [0.2, 0.25) is 10.2 Å². The molecule has 0 radical (unpaired) electrons. The lowest BCUT2D eigenvalue weighted by atomic mass is 9.97. The Morgan fingerprint density at radius 1 is 1.30 bits per heavy atom. The van der Waals surface area contributed by atoms with Crippen molar-refractivity contribution in [2.24, 2.45) is 0 Å². The van der Waals surface area contributed by atoms with Gasteiger partial charge < -0.3 is 4.52 Å². The molecule has 0 fully saturated rings. The van der Waals surface area contributed by atoms with Crippen molar-refractivity contribution in [3.05, 3.63) is 34.2 Å². The van der Waals surface area contributed by atoms with Crippen LogP contribution in [0.25, 0.3) is 0 Å². The maximum absolute atomic E-state index is 12.1. The van der Waals surface area contributed by atoms with Crippen molar-refractivity contribution < 1.29 is 12.9 Å². The van der Waals surface area contributed by atoms with E-state index < -0.39 is 10.0 Å². The minimum absolute atomic E-state index is 0.0483. The van der Waals surface area contributed by atoms with E-state index in [2.05, 4.69) is 19.8 Å².